The molecule has 0 saturated carbocycles. The summed E-state index contributed by atoms with van der Waals surface area (Å²) in [7, 11) is 0. The normalized spacial score (nSPS) is 16.1. The fourth-order valence-corrected chi connectivity index (χ4v) is 3.06. The number of rotatable bonds is 2. The molecular weight excluding hydrogens is 292 g/mol. The fourth-order valence-electron chi connectivity index (χ4n) is 3.06. The molecule has 2 aromatic heterocycles. The molecule has 6 nitrogen and oxygen atoms in total. The molecule has 1 aromatic carbocycles. The van der Waals surface area contributed by atoms with Crippen LogP contribution >= 0.6 is 0 Å². The Kier molecular flexibility index (Phi) is 3.38. The van der Waals surface area contributed by atoms with Crippen LogP contribution in [0.25, 0.3) is 22.3 Å². The largest absolute Gasteiger partial charge is 0.393 e. The van der Waals surface area contributed by atoms with Crippen molar-refractivity contribution in [3.8, 4) is 11.4 Å². The van der Waals surface area contributed by atoms with Gasteiger partial charge in [0.15, 0.2) is 0 Å². The van der Waals surface area contributed by atoms with Gasteiger partial charge in [-0.2, -0.15) is 5.10 Å². The lowest BCUT2D eigenvalue weighted by atomic mass is 10.1. The third kappa shape index (κ3) is 2.61. The summed E-state index contributed by atoms with van der Waals surface area (Å²) in [5.74, 6) is 0.0245. The minimum absolute atomic E-state index is 0.0245. The molecule has 0 atom stereocenters. The highest BCUT2D eigenvalue weighted by Crippen LogP contribution is 2.24. The number of hydrogen-bond donors (Lipinski definition) is 3. The number of aliphatic hydroxyl groups is 1. The molecule has 4 rings (SSSR count). The van der Waals surface area contributed by atoms with Crippen molar-refractivity contribution in [2.24, 2.45) is 0 Å². The molecule has 0 bridgehead atoms. The van der Waals surface area contributed by atoms with E-state index in [1.165, 1.54) is 0 Å². The predicted octanol–water partition coefficient (Wildman–Crippen LogP) is 2.15. The summed E-state index contributed by atoms with van der Waals surface area (Å²) in [6.45, 7) is 1.23. The van der Waals surface area contributed by atoms with Gasteiger partial charge in [0, 0.05) is 35.8 Å². The number of fused-ring (bicyclic) bond motifs is 1. The number of nitrogens with one attached hydrogen (secondary N) is 2. The molecule has 118 valence electrons. The Bertz CT molecular complexity index is 830. The van der Waals surface area contributed by atoms with Crippen molar-refractivity contribution in [3.63, 3.8) is 0 Å². The maximum Gasteiger partial charge on any atom is 0.253 e. The van der Waals surface area contributed by atoms with E-state index >= 15 is 0 Å². The maximum atomic E-state index is 12.6. The molecule has 1 fully saturated rings. The van der Waals surface area contributed by atoms with E-state index < -0.39 is 0 Å². The summed E-state index contributed by atoms with van der Waals surface area (Å²) in [4.78, 5) is 17.7. The minimum atomic E-state index is -0.276. The zero-order valence-corrected chi connectivity index (χ0v) is 12.6. The van der Waals surface area contributed by atoms with E-state index in [9.17, 15) is 9.90 Å². The smallest absolute Gasteiger partial charge is 0.253 e. The molecular formula is C17H18N4O2. The van der Waals surface area contributed by atoms with Gasteiger partial charge < -0.3 is 15.0 Å². The Labute approximate surface area is 133 Å². The van der Waals surface area contributed by atoms with Gasteiger partial charge in [-0.15, -0.1) is 0 Å². The fraction of sp³-hybridized carbons (Fsp3) is 0.294. The van der Waals surface area contributed by atoms with Crippen LogP contribution in [-0.4, -0.2) is 50.3 Å². The van der Waals surface area contributed by atoms with E-state index in [1.807, 2.05) is 35.2 Å². The Hall–Kier alpha value is -2.60. The summed E-state index contributed by atoms with van der Waals surface area (Å²) in [5, 5.41) is 17.5. The number of amides is 1. The molecule has 0 unspecified atom stereocenters. The predicted molar refractivity (Wildman–Crippen MR) is 87.0 cm³/mol. The number of H-pyrrole nitrogens is 2. The number of piperidine rings is 1. The van der Waals surface area contributed by atoms with Gasteiger partial charge in [-0.25, -0.2) is 0 Å². The maximum absolute atomic E-state index is 12.6. The summed E-state index contributed by atoms with van der Waals surface area (Å²) in [6, 6.07) is 9.64. The third-order valence-corrected chi connectivity index (χ3v) is 4.41. The molecule has 1 saturated heterocycles. The number of likely N-dealkylation sites (tertiary alicyclic amines) is 1. The second kappa shape index (κ2) is 5.55. The van der Waals surface area contributed by atoms with Gasteiger partial charge >= 0.3 is 0 Å². The number of hydrogen-bond acceptors (Lipinski definition) is 3. The first-order valence-corrected chi connectivity index (χ1v) is 7.80. The van der Waals surface area contributed by atoms with Crippen LogP contribution in [0.5, 0.6) is 0 Å². The molecule has 0 radical (unpaired) electrons. The van der Waals surface area contributed by atoms with Crippen molar-refractivity contribution in [1.82, 2.24) is 20.1 Å². The van der Waals surface area contributed by atoms with E-state index in [0.29, 0.717) is 31.5 Å². The Morgan fingerprint density at radius 1 is 1.17 bits per heavy atom. The highest BCUT2D eigenvalue weighted by atomic mass is 16.3. The standard InChI is InChI=1S/C17H18N4O2/c22-13-4-7-21(8-5-13)17(23)12-2-1-11-9-16(19-15(11)10-12)14-3-6-18-20-14/h1-3,6,9-10,13,19,22H,4-5,7-8H2,(H,18,20). The average Bonchev–Trinajstić information content (AvgIpc) is 3.23. The summed E-state index contributed by atoms with van der Waals surface area (Å²) in [5.41, 5.74) is 3.46. The number of carbonyl (C=O) groups excluding carboxylic acids is 1. The van der Waals surface area contributed by atoms with E-state index in [1.54, 1.807) is 6.20 Å². The van der Waals surface area contributed by atoms with Crippen molar-refractivity contribution in [2.45, 2.75) is 18.9 Å². The molecule has 3 aromatic rings. The highest BCUT2D eigenvalue weighted by molar-refractivity contribution is 5.98. The van der Waals surface area contributed by atoms with Crippen LogP contribution in [0.1, 0.15) is 23.2 Å². The van der Waals surface area contributed by atoms with Crippen LogP contribution in [-0.2, 0) is 0 Å². The molecule has 23 heavy (non-hydrogen) atoms. The van der Waals surface area contributed by atoms with Gasteiger partial charge in [0.1, 0.15) is 0 Å². The Morgan fingerprint density at radius 2 is 2.00 bits per heavy atom. The first-order valence-electron chi connectivity index (χ1n) is 7.80. The van der Waals surface area contributed by atoms with E-state index in [2.05, 4.69) is 15.2 Å². The molecule has 1 aliphatic heterocycles. The van der Waals surface area contributed by atoms with Crippen molar-refractivity contribution in [3.05, 3.63) is 42.1 Å². The summed E-state index contributed by atoms with van der Waals surface area (Å²) < 4.78 is 0. The zero-order chi connectivity index (χ0) is 15.8. The molecule has 6 heteroatoms. The van der Waals surface area contributed by atoms with Crippen molar-refractivity contribution < 1.29 is 9.90 Å². The quantitative estimate of drug-likeness (QED) is 0.678. The van der Waals surface area contributed by atoms with E-state index in [4.69, 9.17) is 0 Å². The van der Waals surface area contributed by atoms with Gasteiger partial charge in [-0.1, -0.05) is 6.07 Å². The van der Waals surface area contributed by atoms with Gasteiger partial charge in [0.2, 0.25) is 0 Å². The van der Waals surface area contributed by atoms with Crippen LogP contribution < -0.4 is 0 Å². The number of nitrogens with zero attached hydrogens (tertiary/aromatic N) is 2. The van der Waals surface area contributed by atoms with Gasteiger partial charge in [0.05, 0.1) is 17.5 Å². The Balaban J connectivity index is 1.62. The number of aromatic amines is 2. The highest BCUT2D eigenvalue weighted by Gasteiger charge is 2.22. The molecule has 0 spiro atoms. The summed E-state index contributed by atoms with van der Waals surface area (Å²) in [6.07, 6.45) is 2.74. The number of aromatic nitrogens is 3. The lowest BCUT2D eigenvalue weighted by Gasteiger charge is -2.29. The van der Waals surface area contributed by atoms with E-state index in [0.717, 1.165) is 22.3 Å². The summed E-state index contributed by atoms with van der Waals surface area (Å²) >= 11 is 0. The second-order valence-electron chi connectivity index (χ2n) is 5.98. The first kappa shape index (κ1) is 14.0. The van der Waals surface area contributed by atoms with Crippen LogP contribution in [0, 0.1) is 0 Å². The lowest BCUT2D eigenvalue weighted by Crippen LogP contribution is -2.40. The van der Waals surface area contributed by atoms with Crippen LogP contribution in [0.15, 0.2) is 36.5 Å². The molecule has 1 aliphatic rings. The third-order valence-electron chi connectivity index (χ3n) is 4.41. The van der Waals surface area contributed by atoms with Crippen LogP contribution in [0.2, 0.25) is 0 Å². The Morgan fingerprint density at radius 3 is 2.74 bits per heavy atom. The number of carbonyl (C=O) groups is 1. The first-order chi connectivity index (χ1) is 11.2. The molecule has 1 amide bonds. The number of aliphatic hydroxyl groups excluding tert-OH is 1. The monoisotopic (exact) mass is 310 g/mol. The molecule has 0 aliphatic carbocycles. The zero-order valence-electron chi connectivity index (χ0n) is 12.6. The van der Waals surface area contributed by atoms with Crippen molar-refractivity contribution in [1.29, 1.82) is 0 Å². The topological polar surface area (TPSA) is 85.0 Å². The van der Waals surface area contributed by atoms with Gasteiger partial charge in [0.25, 0.3) is 5.91 Å². The van der Waals surface area contributed by atoms with Gasteiger partial charge in [-0.3, -0.25) is 9.89 Å². The average molecular weight is 310 g/mol. The van der Waals surface area contributed by atoms with Gasteiger partial charge in [-0.05, 0) is 37.1 Å². The van der Waals surface area contributed by atoms with Crippen LogP contribution in [0.4, 0.5) is 0 Å². The van der Waals surface area contributed by atoms with E-state index in [-0.39, 0.29) is 12.0 Å². The second-order valence-corrected chi connectivity index (χ2v) is 5.98. The molecule has 3 N–H and O–H groups in total. The number of benzene rings is 1. The lowest BCUT2D eigenvalue weighted by molar-refractivity contribution is 0.0546. The minimum Gasteiger partial charge on any atom is -0.393 e. The van der Waals surface area contributed by atoms with Crippen LogP contribution in [0.3, 0.4) is 0 Å². The van der Waals surface area contributed by atoms with Crippen molar-refractivity contribution in [2.75, 3.05) is 13.1 Å². The SMILES string of the molecule is O=C(c1ccc2cc(-c3ccn[nH]3)[nH]c2c1)N1CCC(O)CC1. The van der Waals surface area contributed by atoms with Crippen molar-refractivity contribution >= 4 is 16.8 Å². The molecule has 3 heterocycles.